The Labute approximate surface area is 170 Å². The molecule has 1 amide bonds. The molecule has 0 fully saturated rings. The monoisotopic (exact) mass is 393 g/mol. The minimum Gasteiger partial charge on any atom is -0.396 e. The van der Waals surface area contributed by atoms with Gasteiger partial charge in [-0.15, -0.1) is 0 Å². The van der Waals surface area contributed by atoms with Crippen molar-refractivity contribution >= 4 is 22.9 Å². The molecule has 1 aromatic heterocycles. The average Bonchev–Trinajstić information content (AvgIpc) is 3.11. The molecule has 3 aromatic rings. The third kappa shape index (κ3) is 5.77. The molecule has 0 aliphatic carbocycles. The summed E-state index contributed by atoms with van der Waals surface area (Å²) in [4.78, 5) is 14.5. The van der Waals surface area contributed by atoms with E-state index in [1.54, 1.807) is 11.6 Å². The van der Waals surface area contributed by atoms with Crippen molar-refractivity contribution in [3.63, 3.8) is 0 Å². The maximum Gasteiger partial charge on any atom is 0.267 e. The fourth-order valence-corrected chi connectivity index (χ4v) is 3.41. The van der Waals surface area contributed by atoms with Crippen molar-refractivity contribution in [3.8, 4) is 0 Å². The second-order valence-electron chi connectivity index (χ2n) is 6.93. The van der Waals surface area contributed by atoms with Gasteiger partial charge in [0.15, 0.2) is 0 Å². The number of rotatable bonds is 10. The maximum absolute atomic E-state index is 11.0. The number of aryl methyl sites for hydroxylation is 1. The van der Waals surface area contributed by atoms with Gasteiger partial charge >= 0.3 is 0 Å². The highest BCUT2D eigenvalue weighted by Crippen LogP contribution is 2.23. The van der Waals surface area contributed by atoms with E-state index in [4.69, 9.17) is 10.3 Å². The summed E-state index contributed by atoms with van der Waals surface area (Å²) in [6.07, 6.45) is 5.45. The van der Waals surface area contributed by atoms with Gasteiger partial charge in [0.05, 0.1) is 0 Å². The number of hydrogen-bond donors (Lipinski definition) is 5. The number of aliphatic hydroxyl groups excluding tert-OH is 1. The quantitative estimate of drug-likeness (QED) is 0.158. The smallest absolute Gasteiger partial charge is 0.267 e. The van der Waals surface area contributed by atoms with Crippen molar-refractivity contribution in [3.05, 3.63) is 77.0 Å². The molecule has 6 heteroatoms. The maximum atomic E-state index is 11.0. The molecule has 152 valence electrons. The predicted octanol–water partition coefficient (Wildman–Crippen LogP) is 2.94. The molecule has 0 aliphatic heterocycles. The Morgan fingerprint density at radius 2 is 1.86 bits per heavy atom. The zero-order valence-corrected chi connectivity index (χ0v) is 16.3. The molecular formula is C23H27N3O3. The van der Waals surface area contributed by atoms with Gasteiger partial charge in [-0.05, 0) is 54.6 Å². The molecule has 0 radical (unpaired) electrons. The summed E-state index contributed by atoms with van der Waals surface area (Å²) in [5.41, 5.74) is 7.31. The predicted molar refractivity (Wildman–Crippen MR) is 115 cm³/mol. The van der Waals surface area contributed by atoms with Gasteiger partial charge in [-0.25, -0.2) is 5.48 Å². The van der Waals surface area contributed by atoms with Gasteiger partial charge in [0.25, 0.3) is 5.91 Å². The number of benzene rings is 2. The molecular weight excluding hydrogens is 366 g/mol. The minimum absolute atomic E-state index is 0.197. The number of aliphatic hydroxyl groups is 1. The molecule has 6 nitrogen and oxygen atoms in total. The van der Waals surface area contributed by atoms with E-state index in [-0.39, 0.29) is 6.61 Å². The van der Waals surface area contributed by atoms with Crippen LogP contribution >= 0.6 is 0 Å². The molecule has 0 saturated heterocycles. The van der Waals surface area contributed by atoms with Crippen LogP contribution in [-0.4, -0.2) is 34.4 Å². The lowest BCUT2D eigenvalue weighted by molar-refractivity contribution is -0.124. The molecule has 5 N–H and O–H groups in total. The van der Waals surface area contributed by atoms with Crippen LogP contribution in [0.3, 0.4) is 0 Å². The average molecular weight is 393 g/mol. The van der Waals surface area contributed by atoms with Gasteiger partial charge in [0.1, 0.15) is 0 Å². The lowest BCUT2D eigenvalue weighted by atomic mass is 10.0. The van der Waals surface area contributed by atoms with Crippen molar-refractivity contribution in [2.24, 2.45) is 0 Å². The first-order chi connectivity index (χ1) is 14.2. The Morgan fingerprint density at radius 3 is 2.62 bits per heavy atom. The summed E-state index contributed by atoms with van der Waals surface area (Å²) in [5.74, 6) is -0.550. The molecule has 1 heterocycles. The molecule has 0 unspecified atom stereocenters. The largest absolute Gasteiger partial charge is 0.396 e. The van der Waals surface area contributed by atoms with Crippen LogP contribution < -0.4 is 10.8 Å². The number of aromatic amines is 1. The number of para-hydroxylation sites is 1. The highest BCUT2D eigenvalue weighted by molar-refractivity contribution is 5.90. The molecule has 0 spiro atoms. The molecule has 0 aliphatic rings. The van der Waals surface area contributed by atoms with E-state index < -0.39 is 5.91 Å². The highest BCUT2D eigenvalue weighted by Gasteiger charge is 2.10. The highest BCUT2D eigenvalue weighted by atomic mass is 16.5. The molecule has 29 heavy (non-hydrogen) atoms. The van der Waals surface area contributed by atoms with Gasteiger partial charge in [-0.1, -0.05) is 42.5 Å². The Hall–Kier alpha value is -2.93. The normalized spacial score (nSPS) is 11.4. The summed E-state index contributed by atoms with van der Waals surface area (Å²) >= 11 is 0. The van der Waals surface area contributed by atoms with Gasteiger partial charge in [0, 0.05) is 35.8 Å². The number of aromatic nitrogens is 1. The van der Waals surface area contributed by atoms with E-state index in [0.29, 0.717) is 0 Å². The molecule has 0 atom stereocenters. The number of fused-ring (bicyclic) bond motifs is 1. The molecule has 0 saturated carbocycles. The van der Waals surface area contributed by atoms with Crippen molar-refractivity contribution in [2.45, 2.75) is 25.8 Å². The van der Waals surface area contributed by atoms with Gasteiger partial charge in [0.2, 0.25) is 0 Å². The van der Waals surface area contributed by atoms with Gasteiger partial charge in [-0.2, -0.15) is 0 Å². The van der Waals surface area contributed by atoms with Crippen LogP contribution in [0.15, 0.2) is 54.6 Å². The standard InChI is InChI=1S/C23H27N3O3/c27-15-3-6-22-20(19-4-1-2-5-21(19)25-22)13-14-24-16-18-9-7-17(8-10-18)11-12-23(28)26-29/h1-2,4-5,7-12,24-25,27,29H,3,6,13-16H2,(H,26,28). The Balaban J connectivity index is 1.55. The molecule has 2 aromatic carbocycles. The number of nitrogens with one attached hydrogen (secondary N) is 3. The fourth-order valence-electron chi connectivity index (χ4n) is 3.41. The van der Waals surface area contributed by atoms with Crippen LogP contribution in [0.25, 0.3) is 17.0 Å². The summed E-state index contributed by atoms with van der Waals surface area (Å²) in [5, 5.41) is 22.4. The minimum atomic E-state index is -0.550. The lowest BCUT2D eigenvalue weighted by Crippen LogP contribution is -2.17. The van der Waals surface area contributed by atoms with Crippen LogP contribution in [-0.2, 0) is 24.2 Å². The van der Waals surface area contributed by atoms with Crippen LogP contribution in [0.1, 0.15) is 28.8 Å². The Morgan fingerprint density at radius 1 is 1.07 bits per heavy atom. The number of hydrogen-bond acceptors (Lipinski definition) is 4. The van der Waals surface area contributed by atoms with Crippen LogP contribution in [0.5, 0.6) is 0 Å². The molecule has 0 bridgehead atoms. The van der Waals surface area contributed by atoms with Gasteiger partial charge in [-0.3, -0.25) is 10.0 Å². The topological polar surface area (TPSA) is 97.4 Å². The van der Waals surface area contributed by atoms with E-state index >= 15 is 0 Å². The van der Waals surface area contributed by atoms with E-state index in [1.807, 2.05) is 30.3 Å². The summed E-state index contributed by atoms with van der Waals surface area (Å²) in [6.45, 7) is 1.81. The molecule has 3 rings (SSSR count). The van der Waals surface area contributed by atoms with Crippen molar-refractivity contribution < 1.29 is 15.1 Å². The third-order valence-corrected chi connectivity index (χ3v) is 4.88. The van der Waals surface area contributed by atoms with E-state index in [2.05, 4.69) is 28.5 Å². The van der Waals surface area contributed by atoms with E-state index in [9.17, 15) is 4.79 Å². The van der Waals surface area contributed by atoms with Gasteiger partial charge < -0.3 is 15.4 Å². The zero-order valence-electron chi connectivity index (χ0n) is 16.3. The number of hydroxylamine groups is 1. The first-order valence-electron chi connectivity index (χ1n) is 9.82. The number of H-pyrrole nitrogens is 1. The van der Waals surface area contributed by atoms with Crippen LogP contribution in [0.4, 0.5) is 0 Å². The Kier molecular flexibility index (Phi) is 7.58. The first kappa shape index (κ1) is 20.8. The van der Waals surface area contributed by atoms with E-state index in [1.165, 1.54) is 22.7 Å². The summed E-state index contributed by atoms with van der Waals surface area (Å²) in [6, 6.07) is 16.2. The Bertz CT molecular complexity index is 961. The number of carbonyl (C=O) groups excluding carboxylic acids is 1. The second kappa shape index (κ2) is 10.6. The number of carbonyl (C=O) groups is 1. The van der Waals surface area contributed by atoms with Crippen LogP contribution in [0.2, 0.25) is 0 Å². The zero-order chi connectivity index (χ0) is 20.5. The van der Waals surface area contributed by atoms with Crippen molar-refractivity contribution in [2.75, 3.05) is 13.2 Å². The van der Waals surface area contributed by atoms with Crippen LogP contribution in [0, 0.1) is 0 Å². The van der Waals surface area contributed by atoms with E-state index in [0.717, 1.165) is 49.0 Å². The third-order valence-electron chi connectivity index (χ3n) is 4.88. The summed E-state index contributed by atoms with van der Waals surface area (Å²) < 4.78 is 0. The summed E-state index contributed by atoms with van der Waals surface area (Å²) in [7, 11) is 0. The lowest BCUT2D eigenvalue weighted by Gasteiger charge is -2.07. The number of amides is 1. The van der Waals surface area contributed by atoms with Crippen molar-refractivity contribution in [1.82, 2.24) is 15.8 Å². The second-order valence-corrected chi connectivity index (χ2v) is 6.93. The SMILES string of the molecule is O=C(C=Cc1ccc(CNCCc2c(CCCO)[nH]c3ccccc23)cc1)NO. The first-order valence-corrected chi connectivity index (χ1v) is 9.82. The van der Waals surface area contributed by atoms with Crippen molar-refractivity contribution in [1.29, 1.82) is 0 Å². The fraction of sp³-hybridized carbons (Fsp3) is 0.261.